The molecule has 0 atom stereocenters. The monoisotopic (exact) mass is 368 g/mol. The molecule has 0 saturated heterocycles. The van der Waals surface area contributed by atoms with Gasteiger partial charge in [0.2, 0.25) is 11.8 Å². The van der Waals surface area contributed by atoms with Crippen LogP contribution in [0.4, 0.5) is 5.69 Å². The van der Waals surface area contributed by atoms with Gasteiger partial charge in [0, 0.05) is 38.2 Å². The largest absolute Gasteiger partial charge is 0.486 e. The Balaban J connectivity index is 1.57. The molecule has 0 bridgehead atoms. The third kappa shape index (κ3) is 5.00. The Bertz CT molecular complexity index is 817. The SMILES string of the molecule is CC(=O)N(CCC(=O)NCc1ccc(C)cc1)c1ccc2c(c1)OCCO2. The first-order valence-corrected chi connectivity index (χ1v) is 9.03. The number of hydrogen-bond acceptors (Lipinski definition) is 4. The van der Waals surface area contributed by atoms with E-state index in [9.17, 15) is 9.59 Å². The molecule has 0 radical (unpaired) electrons. The Labute approximate surface area is 159 Å². The van der Waals surface area contributed by atoms with Crippen LogP contribution in [0.3, 0.4) is 0 Å². The molecule has 1 N–H and O–H groups in total. The van der Waals surface area contributed by atoms with Gasteiger partial charge < -0.3 is 19.7 Å². The third-order valence-electron chi connectivity index (χ3n) is 4.39. The molecule has 1 aliphatic heterocycles. The van der Waals surface area contributed by atoms with E-state index in [1.165, 1.54) is 12.5 Å². The van der Waals surface area contributed by atoms with Crippen molar-refractivity contribution in [3.63, 3.8) is 0 Å². The Kier molecular flexibility index (Phi) is 5.96. The fourth-order valence-corrected chi connectivity index (χ4v) is 2.88. The van der Waals surface area contributed by atoms with E-state index < -0.39 is 0 Å². The van der Waals surface area contributed by atoms with Crippen molar-refractivity contribution in [1.29, 1.82) is 0 Å². The summed E-state index contributed by atoms with van der Waals surface area (Å²) in [7, 11) is 0. The molecule has 0 saturated carbocycles. The zero-order valence-electron chi connectivity index (χ0n) is 15.7. The van der Waals surface area contributed by atoms with Crippen molar-refractivity contribution in [2.24, 2.45) is 0 Å². The lowest BCUT2D eigenvalue weighted by atomic mass is 10.1. The second-order valence-electron chi connectivity index (χ2n) is 6.51. The van der Waals surface area contributed by atoms with Crippen molar-refractivity contribution in [3.05, 3.63) is 53.6 Å². The summed E-state index contributed by atoms with van der Waals surface area (Å²) in [5, 5.41) is 2.89. The topological polar surface area (TPSA) is 67.9 Å². The summed E-state index contributed by atoms with van der Waals surface area (Å²) in [5.41, 5.74) is 2.92. The summed E-state index contributed by atoms with van der Waals surface area (Å²) >= 11 is 0. The highest BCUT2D eigenvalue weighted by Gasteiger charge is 2.18. The van der Waals surface area contributed by atoms with Crippen molar-refractivity contribution in [2.45, 2.75) is 26.8 Å². The van der Waals surface area contributed by atoms with Crippen molar-refractivity contribution in [2.75, 3.05) is 24.7 Å². The zero-order chi connectivity index (χ0) is 19.2. The number of carbonyl (C=O) groups is 2. The highest BCUT2D eigenvalue weighted by molar-refractivity contribution is 5.92. The average Bonchev–Trinajstić information content (AvgIpc) is 2.67. The highest BCUT2D eigenvalue weighted by atomic mass is 16.6. The minimum absolute atomic E-state index is 0.0978. The van der Waals surface area contributed by atoms with Crippen LogP contribution in [0.15, 0.2) is 42.5 Å². The molecule has 0 unspecified atom stereocenters. The van der Waals surface area contributed by atoms with Crippen LogP contribution in [0.25, 0.3) is 0 Å². The van der Waals surface area contributed by atoms with E-state index in [1.807, 2.05) is 31.2 Å². The molecule has 3 rings (SSSR count). The van der Waals surface area contributed by atoms with Gasteiger partial charge in [-0.25, -0.2) is 0 Å². The predicted molar refractivity (Wildman–Crippen MR) is 103 cm³/mol. The number of ether oxygens (including phenoxy) is 2. The first-order chi connectivity index (χ1) is 13.0. The van der Waals surface area contributed by atoms with Gasteiger partial charge in [0.05, 0.1) is 0 Å². The van der Waals surface area contributed by atoms with Crippen LogP contribution >= 0.6 is 0 Å². The Hall–Kier alpha value is -3.02. The van der Waals surface area contributed by atoms with Gasteiger partial charge in [0.1, 0.15) is 13.2 Å². The van der Waals surface area contributed by atoms with Gasteiger partial charge in [-0.15, -0.1) is 0 Å². The number of hydrogen-bond donors (Lipinski definition) is 1. The molecule has 2 aromatic carbocycles. The molecule has 0 aromatic heterocycles. The average molecular weight is 368 g/mol. The van der Waals surface area contributed by atoms with Gasteiger partial charge in [-0.05, 0) is 24.6 Å². The maximum atomic E-state index is 12.2. The molecule has 142 valence electrons. The van der Waals surface area contributed by atoms with E-state index in [4.69, 9.17) is 9.47 Å². The van der Waals surface area contributed by atoms with E-state index >= 15 is 0 Å². The first-order valence-electron chi connectivity index (χ1n) is 9.03. The molecule has 6 nitrogen and oxygen atoms in total. The van der Waals surface area contributed by atoms with Gasteiger partial charge in [0.15, 0.2) is 11.5 Å². The first kappa shape index (κ1) is 18.8. The molecule has 1 heterocycles. The summed E-state index contributed by atoms with van der Waals surface area (Å²) in [6, 6.07) is 13.4. The van der Waals surface area contributed by atoms with E-state index in [-0.39, 0.29) is 18.2 Å². The molecular weight excluding hydrogens is 344 g/mol. The molecule has 1 aliphatic rings. The summed E-state index contributed by atoms with van der Waals surface area (Å²) in [6.45, 7) is 5.29. The number of anilines is 1. The van der Waals surface area contributed by atoms with Gasteiger partial charge in [0.25, 0.3) is 0 Å². The molecule has 0 fully saturated rings. The number of amides is 2. The van der Waals surface area contributed by atoms with Gasteiger partial charge in [-0.3, -0.25) is 9.59 Å². The summed E-state index contributed by atoms with van der Waals surface area (Å²) in [5.74, 6) is 1.07. The third-order valence-corrected chi connectivity index (χ3v) is 4.39. The summed E-state index contributed by atoms with van der Waals surface area (Å²) in [6.07, 6.45) is 0.222. The lowest BCUT2D eigenvalue weighted by molar-refractivity contribution is -0.121. The van der Waals surface area contributed by atoms with Gasteiger partial charge >= 0.3 is 0 Å². The normalized spacial score (nSPS) is 12.4. The zero-order valence-corrected chi connectivity index (χ0v) is 15.7. The number of carbonyl (C=O) groups excluding carboxylic acids is 2. The molecule has 27 heavy (non-hydrogen) atoms. The van der Waals surface area contributed by atoms with Crippen LogP contribution in [0.5, 0.6) is 11.5 Å². The molecule has 0 aliphatic carbocycles. The van der Waals surface area contributed by atoms with Crippen molar-refractivity contribution >= 4 is 17.5 Å². The van der Waals surface area contributed by atoms with E-state index in [2.05, 4.69) is 5.32 Å². The van der Waals surface area contributed by atoms with Gasteiger partial charge in [-0.2, -0.15) is 0 Å². The Morgan fingerprint density at radius 2 is 1.74 bits per heavy atom. The minimum Gasteiger partial charge on any atom is -0.486 e. The van der Waals surface area contributed by atoms with Crippen LogP contribution in [-0.2, 0) is 16.1 Å². The molecule has 6 heteroatoms. The van der Waals surface area contributed by atoms with Crippen LogP contribution in [0.1, 0.15) is 24.5 Å². The van der Waals surface area contributed by atoms with Crippen LogP contribution in [0, 0.1) is 6.92 Å². The number of benzene rings is 2. The summed E-state index contributed by atoms with van der Waals surface area (Å²) < 4.78 is 11.1. The van der Waals surface area contributed by atoms with Crippen molar-refractivity contribution in [3.8, 4) is 11.5 Å². The van der Waals surface area contributed by atoms with Gasteiger partial charge in [-0.1, -0.05) is 29.8 Å². The van der Waals surface area contributed by atoms with Crippen LogP contribution in [0.2, 0.25) is 0 Å². The number of rotatable bonds is 6. The maximum absolute atomic E-state index is 12.2. The van der Waals surface area contributed by atoms with E-state index in [1.54, 1.807) is 23.1 Å². The van der Waals surface area contributed by atoms with E-state index in [0.29, 0.717) is 43.5 Å². The fourth-order valence-electron chi connectivity index (χ4n) is 2.88. The number of aryl methyl sites for hydroxylation is 1. The maximum Gasteiger partial charge on any atom is 0.223 e. The molecular formula is C21H24N2O4. The number of nitrogens with zero attached hydrogens (tertiary/aromatic N) is 1. The standard InChI is InChI=1S/C21H24N2O4/c1-15-3-5-17(6-4-15)14-22-21(25)9-10-23(16(2)24)18-7-8-19-20(13-18)27-12-11-26-19/h3-8,13H,9-12,14H2,1-2H3,(H,22,25). The molecule has 2 amide bonds. The quantitative estimate of drug-likeness (QED) is 0.851. The van der Waals surface area contributed by atoms with E-state index in [0.717, 1.165) is 5.56 Å². The summed E-state index contributed by atoms with van der Waals surface area (Å²) in [4.78, 5) is 25.8. The van der Waals surface area contributed by atoms with Crippen LogP contribution < -0.4 is 19.7 Å². The lowest BCUT2D eigenvalue weighted by Crippen LogP contribution is -2.33. The second-order valence-corrected chi connectivity index (χ2v) is 6.51. The second kappa shape index (κ2) is 8.58. The van der Waals surface area contributed by atoms with Crippen molar-refractivity contribution in [1.82, 2.24) is 5.32 Å². The fraction of sp³-hybridized carbons (Fsp3) is 0.333. The smallest absolute Gasteiger partial charge is 0.223 e. The Morgan fingerprint density at radius 3 is 2.44 bits per heavy atom. The molecule has 0 spiro atoms. The molecule has 2 aromatic rings. The number of nitrogens with one attached hydrogen (secondary N) is 1. The lowest BCUT2D eigenvalue weighted by Gasteiger charge is -2.24. The van der Waals surface area contributed by atoms with Crippen LogP contribution in [-0.4, -0.2) is 31.6 Å². The Morgan fingerprint density at radius 1 is 1.04 bits per heavy atom. The number of fused-ring (bicyclic) bond motifs is 1. The predicted octanol–water partition coefficient (Wildman–Crippen LogP) is 2.83. The van der Waals surface area contributed by atoms with Crippen molar-refractivity contribution < 1.29 is 19.1 Å². The highest BCUT2D eigenvalue weighted by Crippen LogP contribution is 2.34. The minimum atomic E-state index is -0.127.